The van der Waals surface area contributed by atoms with Crippen LogP contribution in [-0.2, 0) is 5.88 Å². The summed E-state index contributed by atoms with van der Waals surface area (Å²) in [5.41, 5.74) is 3.06. The molecule has 0 aliphatic heterocycles. The lowest BCUT2D eigenvalue weighted by Crippen LogP contribution is -2.04. The summed E-state index contributed by atoms with van der Waals surface area (Å²) < 4.78 is 16.0. The third kappa shape index (κ3) is 1.90. The molecule has 0 aliphatic rings. The average Bonchev–Trinajstić information content (AvgIpc) is 2.77. The van der Waals surface area contributed by atoms with Crippen LogP contribution < -0.4 is 0 Å². The fourth-order valence-corrected chi connectivity index (χ4v) is 2.50. The zero-order chi connectivity index (χ0) is 13.4. The Morgan fingerprint density at radius 2 is 1.95 bits per heavy atom. The Kier molecular flexibility index (Phi) is 2.99. The predicted octanol–water partition coefficient (Wildman–Crippen LogP) is 4.21. The van der Waals surface area contributed by atoms with Crippen LogP contribution >= 0.6 is 11.6 Å². The maximum atomic E-state index is 14.2. The Bertz CT molecular complexity index is 729. The fourth-order valence-electron chi connectivity index (χ4n) is 2.32. The molecule has 0 spiro atoms. The quantitative estimate of drug-likeness (QED) is 0.640. The van der Waals surface area contributed by atoms with Crippen molar-refractivity contribution in [1.82, 2.24) is 9.55 Å². The van der Waals surface area contributed by atoms with Gasteiger partial charge in [-0.05, 0) is 30.7 Å². The summed E-state index contributed by atoms with van der Waals surface area (Å²) in [6.07, 6.45) is 0. The number of hydrogen-bond acceptors (Lipinski definition) is 1. The minimum absolute atomic E-state index is 0.239. The molecule has 1 aromatic heterocycles. The Balaban J connectivity index is 2.41. The second kappa shape index (κ2) is 4.67. The van der Waals surface area contributed by atoms with Gasteiger partial charge in [0.25, 0.3) is 0 Å². The molecule has 0 atom stereocenters. The van der Waals surface area contributed by atoms with Gasteiger partial charge < -0.3 is 0 Å². The number of fused-ring (bicyclic) bond motifs is 1. The highest BCUT2D eigenvalue weighted by Gasteiger charge is 2.15. The highest BCUT2D eigenvalue weighted by Crippen LogP contribution is 2.26. The topological polar surface area (TPSA) is 17.8 Å². The maximum Gasteiger partial charge on any atom is 0.147 e. The van der Waals surface area contributed by atoms with E-state index in [2.05, 4.69) is 4.98 Å². The van der Waals surface area contributed by atoms with Crippen LogP contribution in [0.4, 0.5) is 4.39 Å². The largest absolute Gasteiger partial charge is 0.292 e. The molecule has 0 unspecified atom stereocenters. The van der Waals surface area contributed by atoms with E-state index in [1.54, 1.807) is 10.6 Å². The normalized spacial score (nSPS) is 11.1. The van der Waals surface area contributed by atoms with Gasteiger partial charge in [-0.2, -0.15) is 0 Å². The van der Waals surface area contributed by atoms with Gasteiger partial charge in [0.05, 0.1) is 22.6 Å². The van der Waals surface area contributed by atoms with Gasteiger partial charge in [-0.1, -0.05) is 24.3 Å². The number of aromatic nitrogens is 2. The Labute approximate surface area is 115 Å². The molecule has 19 heavy (non-hydrogen) atoms. The molecule has 2 nitrogen and oxygen atoms in total. The average molecular weight is 275 g/mol. The number of halogens is 2. The molecule has 0 aliphatic carbocycles. The molecule has 0 radical (unpaired) electrons. The first-order valence-electron chi connectivity index (χ1n) is 6.00. The first-order valence-corrected chi connectivity index (χ1v) is 6.53. The van der Waals surface area contributed by atoms with E-state index < -0.39 is 0 Å². The van der Waals surface area contributed by atoms with Gasteiger partial charge in [-0.15, -0.1) is 11.6 Å². The van der Waals surface area contributed by atoms with E-state index in [0.29, 0.717) is 11.5 Å². The predicted molar refractivity (Wildman–Crippen MR) is 75.3 cm³/mol. The summed E-state index contributed by atoms with van der Waals surface area (Å²) in [5.74, 6) is 0.619. The molecular weight excluding hydrogens is 263 g/mol. The number of imidazole rings is 1. The third-order valence-corrected chi connectivity index (χ3v) is 3.40. The van der Waals surface area contributed by atoms with Crippen LogP contribution in [0, 0.1) is 12.7 Å². The summed E-state index contributed by atoms with van der Waals surface area (Å²) in [6, 6.07) is 12.7. The zero-order valence-electron chi connectivity index (χ0n) is 10.4. The standard InChI is InChI=1S/C15H12ClFN2/c1-10-5-4-6-11(17)15(10)19-13-8-3-2-7-12(13)18-14(19)9-16/h2-8H,9H2,1H3. The van der Waals surface area contributed by atoms with Crippen LogP contribution in [0.3, 0.4) is 0 Å². The zero-order valence-corrected chi connectivity index (χ0v) is 11.2. The van der Waals surface area contributed by atoms with Crippen molar-refractivity contribution < 1.29 is 4.39 Å². The van der Waals surface area contributed by atoms with Crippen LogP contribution in [0.1, 0.15) is 11.4 Å². The van der Waals surface area contributed by atoms with Crippen molar-refractivity contribution in [2.24, 2.45) is 0 Å². The van der Waals surface area contributed by atoms with Crippen molar-refractivity contribution in [2.45, 2.75) is 12.8 Å². The van der Waals surface area contributed by atoms with E-state index in [9.17, 15) is 4.39 Å². The van der Waals surface area contributed by atoms with E-state index >= 15 is 0 Å². The van der Waals surface area contributed by atoms with Crippen molar-refractivity contribution in [2.75, 3.05) is 0 Å². The van der Waals surface area contributed by atoms with Crippen LogP contribution in [0.5, 0.6) is 0 Å². The lowest BCUT2D eigenvalue weighted by Gasteiger charge is -2.12. The van der Waals surface area contributed by atoms with Crippen LogP contribution in [0.25, 0.3) is 16.7 Å². The highest BCUT2D eigenvalue weighted by molar-refractivity contribution is 6.17. The number of benzene rings is 2. The number of hydrogen-bond donors (Lipinski definition) is 0. The molecule has 3 rings (SSSR count). The highest BCUT2D eigenvalue weighted by atomic mass is 35.5. The summed E-state index contributed by atoms with van der Waals surface area (Å²) in [7, 11) is 0. The van der Waals surface area contributed by atoms with E-state index in [1.807, 2.05) is 37.3 Å². The summed E-state index contributed by atoms with van der Waals surface area (Å²) in [5, 5.41) is 0. The fraction of sp³-hybridized carbons (Fsp3) is 0.133. The molecule has 2 aromatic carbocycles. The molecule has 0 bridgehead atoms. The molecule has 1 heterocycles. The molecule has 96 valence electrons. The van der Waals surface area contributed by atoms with Crippen LogP contribution in [-0.4, -0.2) is 9.55 Å². The number of para-hydroxylation sites is 3. The van der Waals surface area contributed by atoms with Crippen LogP contribution in [0.2, 0.25) is 0 Å². The molecule has 0 amide bonds. The first-order chi connectivity index (χ1) is 9.22. The van der Waals surface area contributed by atoms with E-state index in [-0.39, 0.29) is 11.7 Å². The van der Waals surface area contributed by atoms with Crippen molar-refractivity contribution in [3.8, 4) is 5.69 Å². The molecule has 0 N–H and O–H groups in total. The van der Waals surface area contributed by atoms with Gasteiger partial charge in [0.1, 0.15) is 11.6 Å². The van der Waals surface area contributed by atoms with Crippen molar-refractivity contribution >= 4 is 22.6 Å². The minimum Gasteiger partial charge on any atom is -0.292 e. The number of nitrogens with zero attached hydrogens (tertiary/aromatic N) is 2. The van der Waals surface area contributed by atoms with E-state index in [1.165, 1.54) is 6.07 Å². The van der Waals surface area contributed by atoms with Gasteiger partial charge in [0.2, 0.25) is 0 Å². The molecule has 4 heteroatoms. The molecule has 0 fully saturated rings. The van der Waals surface area contributed by atoms with Gasteiger partial charge in [0.15, 0.2) is 0 Å². The van der Waals surface area contributed by atoms with E-state index in [0.717, 1.165) is 16.6 Å². The molecule has 0 saturated carbocycles. The van der Waals surface area contributed by atoms with Crippen molar-refractivity contribution in [3.05, 3.63) is 59.7 Å². The summed E-state index contributed by atoms with van der Waals surface area (Å²) >= 11 is 5.95. The first kappa shape index (κ1) is 12.2. The van der Waals surface area contributed by atoms with Crippen molar-refractivity contribution in [1.29, 1.82) is 0 Å². The molecular formula is C15H12ClFN2. The third-order valence-electron chi connectivity index (χ3n) is 3.16. The lowest BCUT2D eigenvalue weighted by molar-refractivity contribution is 0.616. The van der Waals surface area contributed by atoms with Gasteiger partial charge in [-0.25, -0.2) is 9.37 Å². The van der Waals surface area contributed by atoms with Crippen molar-refractivity contribution in [3.63, 3.8) is 0 Å². The monoisotopic (exact) mass is 274 g/mol. The van der Waals surface area contributed by atoms with Gasteiger partial charge in [-0.3, -0.25) is 4.57 Å². The summed E-state index contributed by atoms with van der Waals surface area (Å²) in [4.78, 5) is 4.45. The Morgan fingerprint density at radius 1 is 1.16 bits per heavy atom. The summed E-state index contributed by atoms with van der Waals surface area (Å²) in [6.45, 7) is 1.88. The number of rotatable bonds is 2. The SMILES string of the molecule is Cc1cccc(F)c1-n1c(CCl)nc2ccccc21. The maximum absolute atomic E-state index is 14.2. The Hall–Kier alpha value is -1.87. The van der Waals surface area contributed by atoms with Crippen LogP contribution in [0.15, 0.2) is 42.5 Å². The second-order valence-corrected chi connectivity index (χ2v) is 4.66. The molecule has 3 aromatic rings. The number of aryl methyl sites for hydroxylation is 1. The van der Waals surface area contributed by atoms with E-state index in [4.69, 9.17) is 11.6 Å². The van der Waals surface area contributed by atoms with Gasteiger partial charge in [0, 0.05) is 0 Å². The molecule has 0 saturated heterocycles. The number of alkyl halides is 1. The Morgan fingerprint density at radius 3 is 2.68 bits per heavy atom. The smallest absolute Gasteiger partial charge is 0.147 e. The van der Waals surface area contributed by atoms with Gasteiger partial charge >= 0.3 is 0 Å². The minimum atomic E-state index is -0.269. The second-order valence-electron chi connectivity index (χ2n) is 4.39. The lowest BCUT2D eigenvalue weighted by atomic mass is 10.2.